The summed E-state index contributed by atoms with van der Waals surface area (Å²) in [5, 5.41) is 3.01. The summed E-state index contributed by atoms with van der Waals surface area (Å²) in [5.41, 5.74) is 3.63. The zero-order valence-electron chi connectivity index (χ0n) is 13.4. The van der Waals surface area contributed by atoms with Gasteiger partial charge < -0.3 is 14.8 Å². The smallest absolute Gasteiger partial charge is 0.484 e. The highest BCUT2D eigenvalue weighted by Gasteiger charge is 2.33. The normalized spacial score (nSPS) is 15.0. The second kappa shape index (κ2) is 6.36. The fourth-order valence-corrected chi connectivity index (χ4v) is 2.57. The van der Waals surface area contributed by atoms with Crippen LogP contribution < -0.4 is 14.8 Å². The summed E-state index contributed by atoms with van der Waals surface area (Å²) in [7, 11) is 0. The molecule has 0 radical (unpaired) electrons. The van der Waals surface area contributed by atoms with Crippen LogP contribution in [0.4, 0.5) is 13.2 Å². The highest BCUT2D eigenvalue weighted by Crippen LogP contribution is 2.38. The van der Waals surface area contributed by atoms with Gasteiger partial charge in [0, 0.05) is 13.1 Å². The zero-order chi connectivity index (χ0) is 17.3. The number of aryl methyl sites for hydroxylation is 1. The molecule has 1 N–H and O–H groups in total. The Hall–Kier alpha value is -2.21. The highest BCUT2D eigenvalue weighted by atomic mass is 19.4. The number of hydrogen-bond donors (Lipinski definition) is 1. The van der Waals surface area contributed by atoms with Crippen molar-refractivity contribution >= 4 is 0 Å². The van der Waals surface area contributed by atoms with Gasteiger partial charge in [0.1, 0.15) is 6.10 Å². The largest absolute Gasteiger partial charge is 0.573 e. The van der Waals surface area contributed by atoms with Crippen molar-refractivity contribution < 1.29 is 22.6 Å². The molecule has 24 heavy (non-hydrogen) atoms. The SMILES string of the molecule is Cc1cccc(-c2ccc(OC3CNC3)c(OC(F)(F)F)c2)c1C. The second-order valence-corrected chi connectivity index (χ2v) is 5.85. The van der Waals surface area contributed by atoms with Crippen molar-refractivity contribution in [1.29, 1.82) is 0 Å². The van der Waals surface area contributed by atoms with E-state index in [1.54, 1.807) is 6.07 Å². The van der Waals surface area contributed by atoms with E-state index in [-0.39, 0.29) is 17.6 Å². The Morgan fingerprint density at radius 3 is 2.42 bits per heavy atom. The lowest BCUT2D eigenvalue weighted by Crippen LogP contribution is -2.50. The van der Waals surface area contributed by atoms with Crippen LogP contribution in [0, 0.1) is 13.8 Å². The molecule has 0 bridgehead atoms. The summed E-state index contributed by atoms with van der Waals surface area (Å²) in [5.74, 6) is -0.208. The molecular weight excluding hydrogens is 319 g/mol. The van der Waals surface area contributed by atoms with Crippen molar-refractivity contribution in [1.82, 2.24) is 5.32 Å². The predicted octanol–water partition coefficient (Wildman–Crippen LogP) is 4.22. The third-order valence-corrected chi connectivity index (χ3v) is 4.12. The Morgan fingerprint density at radius 2 is 1.79 bits per heavy atom. The average molecular weight is 337 g/mol. The Bertz CT molecular complexity index is 740. The number of alkyl halides is 3. The van der Waals surface area contributed by atoms with Gasteiger partial charge in [0.05, 0.1) is 0 Å². The molecular formula is C18H18F3NO2. The van der Waals surface area contributed by atoms with Gasteiger partial charge in [-0.05, 0) is 48.2 Å². The molecule has 1 aliphatic rings. The molecule has 0 aromatic heterocycles. The fraction of sp³-hybridized carbons (Fsp3) is 0.333. The third-order valence-electron chi connectivity index (χ3n) is 4.12. The fourth-order valence-electron chi connectivity index (χ4n) is 2.57. The van der Waals surface area contributed by atoms with Gasteiger partial charge in [0.2, 0.25) is 0 Å². The van der Waals surface area contributed by atoms with Crippen molar-refractivity contribution in [2.45, 2.75) is 26.3 Å². The molecule has 0 atom stereocenters. The van der Waals surface area contributed by atoms with Gasteiger partial charge in [-0.1, -0.05) is 24.3 Å². The second-order valence-electron chi connectivity index (χ2n) is 5.85. The topological polar surface area (TPSA) is 30.5 Å². The van der Waals surface area contributed by atoms with E-state index in [0.717, 1.165) is 16.7 Å². The molecule has 6 heteroatoms. The summed E-state index contributed by atoms with van der Waals surface area (Å²) in [6, 6.07) is 10.4. The number of nitrogens with one attached hydrogen (secondary N) is 1. The molecule has 1 heterocycles. The predicted molar refractivity (Wildman–Crippen MR) is 85.3 cm³/mol. The van der Waals surface area contributed by atoms with E-state index in [1.807, 2.05) is 32.0 Å². The Morgan fingerprint density at radius 1 is 1.04 bits per heavy atom. The molecule has 0 amide bonds. The molecule has 3 rings (SSSR count). The molecule has 0 spiro atoms. The molecule has 2 aromatic rings. The number of ether oxygens (including phenoxy) is 2. The molecule has 1 fully saturated rings. The van der Waals surface area contributed by atoms with Crippen molar-refractivity contribution in [3.05, 3.63) is 47.5 Å². The van der Waals surface area contributed by atoms with Crippen LogP contribution in [-0.4, -0.2) is 25.6 Å². The lowest BCUT2D eigenvalue weighted by molar-refractivity contribution is -0.275. The number of halogens is 3. The summed E-state index contributed by atoms with van der Waals surface area (Å²) >= 11 is 0. The Balaban J connectivity index is 1.99. The molecule has 1 aliphatic heterocycles. The van der Waals surface area contributed by atoms with Crippen LogP contribution in [0.5, 0.6) is 11.5 Å². The average Bonchev–Trinajstić information content (AvgIpc) is 2.45. The van der Waals surface area contributed by atoms with Crippen LogP contribution >= 0.6 is 0 Å². The monoisotopic (exact) mass is 337 g/mol. The summed E-state index contributed by atoms with van der Waals surface area (Å²) in [6.45, 7) is 5.14. The van der Waals surface area contributed by atoms with Crippen LogP contribution in [0.25, 0.3) is 11.1 Å². The molecule has 0 aliphatic carbocycles. The van der Waals surface area contributed by atoms with Gasteiger partial charge in [-0.25, -0.2) is 0 Å². The molecule has 0 saturated carbocycles. The van der Waals surface area contributed by atoms with E-state index in [2.05, 4.69) is 10.1 Å². The maximum atomic E-state index is 12.7. The van der Waals surface area contributed by atoms with Gasteiger partial charge in [0.25, 0.3) is 0 Å². The van der Waals surface area contributed by atoms with E-state index >= 15 is 0 Å². The van der Waals surface area contributed by atoms with Gasteiger partial charge in [-0.3, -0.25) is 0 Å². The molecule has 128 valence electrons. The van der Waals surface area contributed by atoms with Crippen molar-refractivity contribution in [3.8, 4) is 22.6 Å². The van der Waals surface area contributed by atoms with E-state index < -0.39 is 6.36 Å². The van der Waals surface area contributed by atoms with Gasteiger partial charge in [-0.15, -0.1) is 13.2 Å². The summed E-state index contributed by atoms with van der Waals surface area (Å²) < 4.78 is 48.0. The first-order valence-electron chi connectivity index (χ1n) is 7.67. The first-order chi connectivity index (χ1) is 11.3. The quantitative estimate of drug-likeness (QED) is 0.906. The molecule has 3 nitrogen and oxygen atoms in total. The Labute approximate surface area is 138 Å². The van der Waals surface area contributed by atoms with Crippen LogP contribution in [0.15, 0.2) is 36.4 Å². The van der Waals surface area contributed by atoms with Gasteiger partial charge in [-0.2, -0.15) is 0 Å². The highest BCUT2D eigenvalue weighted by molar-refractivity contribution is 5.71. The van der Waals surface area contributed by atoms with Crippen LogP contribution in [0.3, 0.4) is 0 Å². The third kappa shape index (κ3) is 3.64. The minimum atomic E-state index is -4.77. The molecule has 1 saturated heterocycles. The van der Waals surface area contributed by atoms with E-state index in [1.165, 1.54) is 12.1 Å². The van der Waals surface area contributed by atoms with Crippen LogP contribution in [0.1, 0.15) is 11.1 Å². The molecule has 0 unspecified atom stereocenters. The summed E-state index contributed by atoms with van der Waals surface area (Å²) in [6.07, 6.45) is -4.90. The van der Waals surface area contributed by atoms with E-state index in [4.69, 9.17) is 4.74 Å². The van der Waals surface area contributed by atoms with Crippen LogP contribution in [0.2, 0.25) is 0 Å². The number of hydrogen-bond acceptors (Lipinski definition) is 3. The van der Waals surface area contributed by atoms with Crippen molar-refractivity contribution in [2.24, 2.45) is 0 Å². The number of rotatable bonds is 4. The summed E-state index contributed by atoms with van der Waals surface area (Å²) in [4.78, 5) is 0. The minimum Gasteiger partial charge on any atom is -0.484 e. The maximum Gasteiger partial charge on any atom is 0.573 e. The van der Waals surface area contributed by atoms with Crippen molar-refractivity contribution in [3.63, 3.8) is 0 Å². The maximum absolute atomic E-state index is 12.7. The lowest BCUT2D eigenvalue weighted by Gasteiger charge is -2.28. The Kier molecular flexibility index (Phi) is 4.41. The van der Waals surface area contributed by atoms with Crippen LogP contribution in [-0.2, 0) is 0 Å². The lowest BCUT2D eigenvalue weighted by atomic mass is 9.97. The minimum absolute atomic E-state index is 0.105. The number of benzene rings is 2. The molecule has 2 aromatic carbocycles. The van der Waals surface area contributed by atoms with E-state index in [9.17, 15) is 13.2 Å². The van der Waals surface area contributed by atoms with Gasteiger partial charge >= 0.3 is 6.36 Å². The zero-order valence-corrected chi connectivity index (χ0v) is 13.4. The van der Waals surface area contributed by atoms with Crippen molar-refractivity contribution in [2.75, 3.05) is 13.1 Å². The first-order valence-corrected chi connectivity index (χ1v) is 7.67. The van der Waals surface area contributed by atoms with E-state index in [0.29, 0.717) is 18.7 Å². The van der Waals surface area contributed by atoms with Gasteiger partial charge in [0.15, 0.2) is 11.5 Å². The standard InChI is InChI=1S/C18H18F3NO2/c1-11-4-3-5-15(12(11)2)13-6-7-16(23-14-9-22-10-14)17(8-13)24-18(19,20)21/h3-8,14,22H,9-10H2,1-2H3. The first kappa shape index (κ1) is 16.6.